The number of amides is 1. The van der Waals surface area contributed by atoms with Crippen molar-refractivity contribution in [1.82, 2.24) is 15.2 Å². The molecule has 20 heavy (non-hydrogen) atoms. The molecule has 1 saturated carbocycles. The van der Waals surface area contributed by atoms with Gasteiger partial charge in [-0.25, -0.2) is 4.98 Å². The molecule has 1 fully saturated rings. The number of carbonyl (C=O) groups is 1. The van der Waals surface area contributed by atoms with Crippen LogP contribution >= 0.6 is 0 Å². The molecular weight excluding hydrogens is 256 g/mol. The van der Waals surface area contributed by atoms with Crippen molar-refractivity contribution in [2.75, 3.05) is 12.4 Å². The fraction of sp³-hybridized carbons (Fsp3) is 0.357. The second-order valence-electron chi connectivity index (χ2n) is 5.00. The SMILES string of the molecule is COc1ncc(C)cc1NC(=O)c1cn[nH]c1C1CC1. The molecule has 0 radical (unpaired) electrons. The predicted octanol–water partition coefficient (Wildman–Crippen LogP) is 2.25. The summed E-state index contributed by atoms with van der Waals surface area (Å²) in [6.45, 7) is 1.91. The van der Waals surface area contributed by atoms with E-state index >= 15 is 0 Å². The molecule has 0 spiro atoms. The van der Waals surface area contributed by atoms with Crippen molar-refractivity contribution in [1.29, 1.82) is 0 Å². The number of pyridine rings is 1. The molecule has 2 heterocycles. The van der Waals surface area contributed by atoms with Crippen molar-refractivity contribution in [3.05, 3.63) is 35.3 Å². The highest BCUT2D eigenvalue weighted by Gasteiger charge is 2.30. The molecule has 6 heteroatoms. The molecule has 2 N–H and O–H groups in total. The number of anilines is 1. The maximum atomic E-state index is 12.4. The summed E-state index contributed by atoms with van der Waals surface area (Å²) in [4.78, 5) is 16.5. The highest BCUT2D eigenvalue weighted by Crippen LogP contribution is 2.40. The van der Waals surface area contributed by atoms with Crippen LogP contribution in [0.15, 0.2) is 18.5 Å². The van der Waals surface area contributed by atoms with Gasteiger partial charge in [-0.05, 0) is 31.4 Å². The normalized spacial score (nSPS) is 14.1. The zero-order chi connectivity index (χ0) is 14.1. The minimum Gasteiger partial charge on any atom is -0.480 e. The van der Waals surface area contributed by atoms with Crippen LogP contribution in [0.3, 0.4) is 0 Å². The predicted molar refractivity (Wildman–Crippen MR) is 74.0 cm³/mol. The van der Waals surface area contributed by atoms with Crippen molar-refractivity contribution in [2.24, 2.45) is 0 Å². The third-order valence-electron chi connectivity index (χ3n) is 3.33. The molecule has 0 bridgehead atoms. The van der Waals surface area contributed by atoms with E-state index < -0.39 is 0 Å². The van der Waals surface area contributed by atoms with Crippen molar-refractivity contribution >= 4 is 11.6 Å². The maximum Gasteiger partial charge on any atom is 0.259 e. The van der Waals surface area contributed by atoms with Crippen LogP contribution in [-0.4, -0.2) is 28.2 Å². The lowest BCUT2D eigenvalue weighted by molar-refractivity contribution is 0.102. The van der Waals surface area contributed by atoms with Crippen LogP contribution in [0, 0.1) is 6.92 Å². The Kier molecular flexibility index (Phi) is 3.14. The molecule has 0 unspecified atom stereocenters. The Labute approximate surface area is 116 Å². The van der Waals surface area contributed by atoms with Gasteiger partial charge in [-0.3, -0.25) is 9.89 Å². The van der Waals surface area contributed by atoms with Gasteiger partial charge in [-0.1, -0.05) is 0 Å². The van der Waals surface area contributed by atoms with Gasteiger partial charge in [0.2, 0.25) is 5.88 Å². The number of aromatic amines is 1. The lowest BCUT2D eigenvalue weighted by atomic mass is 10.1. The number of rotatable bonds is 4. The first-order valence-electron chi connectivity index (χ1n) is 6.54. The van der Waals surface area contributed by atoms with Gasteiger partial charge in [-0.2, -0.15) is 5.10 Å². The van der Waals surface area contributed by atoms with Gasteiger partial charge >= 0.3 is 0 Å². The Morgan fingerprint density at radius 3 is 2.95 bits per heavy atom. The summed E-state index contributed by atoms with van der Waals surface area (Å²) < 4.78 is 5.16. The summed E-state index contributed by atoms with van der Waals surface area (Å²) in [7, 11) is 1.53. The average molecular weight is 272 g/mol. The Balaban J connectivity index is 1.85. The number of hydrogen-bond acceptors (Lipinski definition) is 4. The fourth-order valence-corrected chi connectivity index (χ4v) is 2.16. The highest BCUT2D eigenvalue weighted by atomic mass is 16.5. The van der Waals surface area contributed by atoms with Crippen molar-refractivity contribution in [2.45, 2.75) is 25.7 Å². The molecule has 0 saturated heterocycles. The van der Waals surface area contributed by atoms with Gasteiger partial charge in [0, 0.05) is 12.1 Å². The first-order valence-corrected chi connectivity index (χ1v) is 6.54. The molecule has 6 nitrogen and oxygen atoms in total. The molecule has 0 aliphatic heterocycles. The Morgan fingerprint density at radius 1 is 1.45 bits per heavy atom. The Morgan fingerprint density at radius 2 is 2.25 bits per heavy atom. The second kappa shape index (κ2) is 4.96. The fourth-order valence-electron chi connectivity index (χ4n) is 2.16. The molecule has 1 amide bonds. The monoisotopic (exact) mass is 272 g/mol. The number of carbonyl (C=O) groups excluding carboxylic acids is 1. The van der Waals surface area contributed by atoms with Crippen LogP contribution in [0.5, 0.6) is 5.88 Å². The van der Waals surface area contributed by atoms with E-state index in [1.807, 2.05) is 13.0 Å². The number of ether oxygens (including phenoxy) is 1. The third kappa shape index (κ3) is 2.36. The molecule has 0 atom stereocenters. The first kappa shape index (κ1) is 12.7. The number of H-pyrrole nitrogens is 1. The Hall–Kier alpha value is -2.37. The molecule has 0 aromatic carbocycles. The quantitative estimate of drug-likeness (QED) is 0.894. The third-order valence-corrected chi connectivity index (χ3v) is 3.33. The summed E-state index contributed by atoms with van der Waals surface area (Å²) in [5.74, 6) is 0.655. The van der Waals surface area contributed by atoms with E-state index in [0.717, 1.165) is 24.1 Å². The largest absolute Gasteiger partial charge is 0.480 e. The zero-order valence-corrected chi connectivity index (χ0v) is 11.4. The van der Waals surface area contributed by atoms with E-state index in [4.69, 9.17) is 4.74 Å². The molecule has 2 aromatic rings. The minimum absolute atomic E-state index is 0.189. The molecule has 3 rings (SSSR count). The topological polar surface area (TPSA) is 79.9 Å². The van der Waals surface area contributed by atoms with Crippen LogP contribution in [-0.2, 0) is 0 Å². The van der Waals surface area contributed by atoms with E-state index in [-0.39, 0.29) is 5.91 Å². The van der Waals surface area contributed by atoms with E-state index in [9.17, 15) is 4.79 Å². The summed E-state index contributed by atoms with van der Waals surface area (Å²) in [5, 5.41) is 9.73. The van der Waals surface area contributed by atoms with Crippen LogP contribution < -0.4 is 10.1 Å². The average Bonchev–Trinajstić information content (AvgIpc) is 3.16. The van der Waals surface area contributed by atoms with Crippen molar-refractivity contribution in [3.63, 3.8) is 0 Å². The van der Waals surface area contributed by atoms with Gasteiger partial charge in [0.1, 0.15) is 5.69 Å². The van der Waals surface area contributed by atoms with Gasteiger partial charge in [0.05, 0.1) is 24.6 Å². The number of nitrogens with one attached hydrogen (secondary N) is 2. The summed E-state index contributed by atoms with van der Waals surface area (Å²) >= 11 is 0. The number of nitrogens with zero attached hydrogens (tertiary/aromatic N) is 2. The zero-order valence-electron chi connectivity index (χ0n) is 11.4. The number of hydrogen-bond donors (Lipinski definition) is 2. The van der Waals surface area contributed by atoms with Gasteiger partial charge < -0.3 is 10.1 Å². The van der Waals surface area contributed by atoms with Gasteiger partial charge in [0.15, 0.2) is 0 Å². The molecule has 2 aromatic heterocycles. The second-order valence-corrected chi connectivity index (χ2v) is 5.00. The van der Waals surface area contributed by atoms with Gasteiger partial charge in [0.25, 0.3) is 5.91 Å². The molecule has 104 valence electrons. The number of aromatic nitrogens is 3. The van der Waals surface area contributed by atoms with E-state index in [0.29, 0.717) is 23.0 Å². The van der Waals surface area contributed by atoms with Crippen molar-refractivity contribution < 1.29 is 9.53 Å². The van der Waals surface area contributed by atoms with Crippen LogP contribution in [0.1, 0.15) is 40.4 Å². The summed E-state index contributed by atoms with van der Waals surface area (Å²) in [6, 6.07) is 1.83. The van der Waals surface area contributed by atoms with Crippen LogP contribution in [0.2, 0.25) is 0 Å². The van der Waals surface area contributed by atoms with E-state index in [2.05, 4.69) is 20.5 Å². The lowest BCUT2D eigenvalue weighted by Crippen LogP contribution is -2.14. The first-order chi connectivity index (χ1) is 9.69. The lowest BCUT2D eigenvalue weighted by Gasteiger charge is -2.09. The Bertz CT molecular complexity index is 646. The van der Waals surface area contributed by atoms with E-state index in [1.54, 1.807) is 12.4 Å². The molecular formula is C14H16N4O2. The minimum atomic E-state index is -0.189. The highest BCUT2D eigenvalue weighted by molar-refractivity contribution is 6.05. The van der Waals surface area contributed by atoms with E-state index in [1.165, 1.54) is 7.11 Å². The number of aryl methyl sites for hydroxylation is 1. The van der Waals surface area contributed by atoms with Crippen LogP contribution in [0.25, 0.3) is 0 Å². The molecule has 1 aliphatic carbocycles. The van der Waals surface area contributed by atoms with Crippen LogP contribution in [0.4, 0.5) is 5.69 Å². The number of methoxy groups -OCH3 is 1. The van der Waals surface area contributed by atoms with Gasteiger partial charge in [-0.15, -0.1) is 0 Å². The molecule has 1 aliphatic rings. The standard InChI is InChI=1S/C14H16N4O2/c1-8-5-11(14(20-2)15-6-8)17-13(19)10-7-16-18-12(10)9-3-4-9/h5-7,9H,3-4H2,1-2H3,(H,16,18)(H,17,19). The van der Waals surface area contributed by atoms with Crippen molar-refractivity contribution in [3.8, 4) is 5.88 Å². The smallest absolute Gasteiger partial charge is 0.259 e. The summed E-state index contributed by atoms with van der Waals surface area (Å²) in [6.07, 6.45) is 5.48. The summed E-state index contributed by atoms with van der Waals surface area (Å²) in [5.41, 5.74) is 3.04. The maximum absolute atomic E-state index is 12.4.